The Bertz CT molecular complexity index is 448. The molecule has 0 spiro atoms. The fraction of sp³-hybridized carbons (Fsp3) is 0.647. The van der Waals surface area contributed by atoms with Crippen LogP contribution in [0.3, 0.4) is 0 Å². The monoisotopic (exact) mass is 275 g/mol. The average Bonchev–Trinajstić information content (AvgIpc) is 3.06. The van der Waals surface area contributed by atoms with Crippen LogP contribution in [0.5, 0.6) is 5.75 Å². The molecule has 20 heavy (non-hydrogen) atoms. The van der Waals surface area contributed by atoms with Gasteiger partial charge in [-0.3, -0.25) is 0 Å². The minimum Gasteiger partial charge on any atom is -0.508 e. The number of fused-ring (bicyclic) bond motifs is 2. The minimum atomic E-state index is 0.362. The standard InChI is InChI=1S/C17H25NO2/c1-2-8-18-16(10-12-4-3-5-13(19)9-12)15-11-14-6-7-17(15)20-14/h3-5,9,14-19H,2,6-8,10-11H2,1H3. The molecule has 1 aromatic rings. The smallest absolute Gasteiger partial charge is 0.115 e. The molecule has 2 N–H and O–H groups in total. The Hall–Kier alpha value is -1.06. The normalized spacial score (nSPS) is 29.8. The summed E-state index contributed by atoms with van der Waals surface area (Å²) in [6.45, 7) is 3.26. The molecule has 4 atom stereocenters. The Balaban J connectivity index is 1.69. The molecular weight excluding hydrogens is 250 g/mol. The van der Waals surface area contributed by atoms with E-state index >= 15 is 0 Å². The number of hydrogen-bond donors (Lipinski definition) is 2. The van der Waals surface area contributed by atoms with Crippen LogP contribution in [0.1, 0.15) is 38.2 Å². The van der Waals surface area contributed by atoms with E-state index in [2.05, 4.69) is 18.3 Å². The van der Waals surface area contributed by atoms with Crippen LogP contribution in [0.2, 0.25) is 0 Å². The lowest BCUT2D eigenvalue weighted by Crippen LogP contribution is -2.42. The summed E-state index contributed by atoms with van der Waals surface area (Å²) in [5, 5.41) is 13.3. The first-order valence-electron chi connectivity index (χ1n) is 7.93. The third-order valence-electron chi connectivity index (χ3n) is 4.69. The molecule has 2 bridgehead atoms. The molecule has 2 aliphatic rings. The van der Waals surface area contributed by atoms with Crippen molar-refractivity contribution in [2.24, 2.45) is 5.92 Å². The number of nitrogens with one attached hydrogen (secondary N) is 1. The molecule has 0 saturated carbocycles. The van der Waals surface area contributed by atoms with Crippen LogP contribution in [0, 0.1) is 5.92 Å². The molecule has 3 heteroatoms. The largest absolute Gasteiger partial charge is 0.508 e. The Morgan fingerprint density at radius 1 is 1.40 bits per heavy atom. The van der Waals surface area contributed by atoms with E-state index in [9.17, 15) is 5.11 Å². The first kappa shape index (κ1) is 13.9. The highest BCUT2D eigenvalue weighted by atomic mass is 16.5. The van der Waals surface area contributed by atoms with Gasteiger partial charge in [0.05, 0.1) is 12.2 Å². The van der Waals surface area contributed by atoms with Crippen LogP contribution in [-0.4, -0.2) is 29.9 Å². The molecule has 0 aromatic heterocycles. The highest BCUT2D eigenvalue weighted by molar-refractivity contribution is 5.28. The summed E-state index contributed by atoms with van der Waals surface area (Å²) in [6.07, 6.45) is 6.74. The summed E-state index contributed by atoms with van der Waals surface area (Å²) in [5.41, 5.74) is 1.21. The summed E-state index contributed by atoms with van der Waals surface area (Å²) in [4.78, 5) is 0. The zero-order valence-electron chi connectivity index (χ0n) is 12.2. The van der Waals surface area contributed by atoms with Crippen LogP contribution >= 0.6 is 0 Å². The molecular formula is C17H25NO2. The quantitative estimate of drug-likeness (QED) is 0.839. The summed E-state index contributed by atoms with van der Waals surface area (Å²) in [7, 11) is 0. The number of rotatable bonds is 6. The zero-order valence-corrected chi connectivity index (χ0v) is 12.2. The molecule has 3 nitrogen and oxygen atoms in total. The summed E-state index contributed by atoms with van der Waals surface area (Å²) in [6, 6.07) is 8.12. The average molecular weight is 275 g/mol. The topological polar surface area (TPSA) is 41.5 Å². The minimum absolute atomic E-state index is 0.362. The molecule has 1 aromatic carbocycles. The molecule has 0 aliphatic carbocycles. The first-order valence-corrected chi connectivity index (χ1v) is 7.93. The molecule has 0 amide bonds. The molecule has 0 radical (unpaired) electrons. The summed E-state index contributed by atoms with van der Waals surface area (Å²) < 4.78 is 6.02. The molecule has 110 valence electrons. The van der Waals surface area contributed by atoms with Gasteiger partial charge < -0.3 is 15.2 Å². The maximum Gasteiger partial charge on any atom is 0.115 e. The highest BCUT2D eigenvalue weighted by Crippen LogP contribution is 2.41. The van der Waals surface area contributed by atoms with E-state index in [1.807, 2.05) is 12.1 Å². The van der Waals surface area contributed by atoms with Gasteiger partial charge in [0.15, 0.2) is 0 Å². The van der Waals surface area contributed by atoms with Crippen molar-refractivity contribution in [3.05, 3.63) is 29.8 Å². The van der Waals surface area contributed by atoms with E-state index < -0.39 is 0 Å². The van der Waals surface area contributed by atoms with Crippen LogP contribution in [0.25, 0.3) is 0 Å². The molecule has 4 unspecified atom stereocenters. The molecule has 2 heterocycles. The fourth-order valence-electron chi connectivity index (χ4n) is 3.74. The van der Waals surface area contributed by atoms with E-state index in [1.165, 1.54) is 24.8 Å². The number of aromatic hydroxyl groups is 1. The van der Waals surface area contributed by atoms with Crippen molar-refractivity contribution in [2.75, 3.05) is 6.54 Å². The van der Waals surface area contributed by atoms with E-state index in [-0.39, 0.29) is 0 Å². The maximum absolute atomic E-state index is 9.63. The van der Waals surface area contributed by atoms with Gasteiger partial charge in [-0.25, -0.2) is 0 Å². The Kier molecular flexibility index (Phi) is 4.27. The van der Waals surface area contributed by atoms with Gasteiger partial charge in [0, 0.05) is 12.0 Å². The lowest BCUT2D eigenvalue weighted by Gasteiger charge is -2.29. The molecule has 2 fully saturated rings. The van der Waals surface area contributed by atoms with E-state index in [1.54, 1.807) is 6.07 Å². The van der Waals surface area contributed by atoms with Gasteiger partial charge >= 0.3 is 0 Å². The van der Waals surface area contributed by atoms with Crippen LogP contribution < -0.4 is 5.32 Å². The first-order chi connectivity index (χ1) is 9.76. The Morgan fingerprint density at radius 3 is 2.95 bits per heavy atom. The number of phenolic OH excluding ortho intramolecular Hbond substituents is 1. The van der Waals surface area contributed by atoms with Crippen LogP contribution in [-0.2, 0) is 11.2 Å². The van der Waals surface area contributed by atoms with Crippen molar-refractivity contribution >= 4 is 0 Å². The Labute approximate surface area is 121 Å². The van der Waals surface area contributed by atoms with Crippen molar-refractivity contribution < 1.29 is 9.84 Å². The highest BCUT2D eigenvalue weighted by Gasteiger charge is 2.44. The predicted molar refractivity (Wildman–Crippen MR) is 79.9 cm³/mol. The van der Waals surface area contributed by atoms with Crippen molar-refractivity contribution in [3.8, 4) is 5.75 Å². The Morgan fingerprint density at radius 2 is 2.30 bits per heavy atom. The van der Waals surface area contributed by atoms with Crippen molar-refractivity contribution in [1.29, 1.82) is 0 Å². The molecule has 2 saturated heterocycles. The molecule has 3 rings (SSSR count). The number of phenols is 1. The lowest BCUT2D eigenvalue weighted by molar-refractivity contribution is 0.0857. The summed E-state index contributed by atoms with van der Waals surface area (Å²) >= 11 is 0. The second-order valence-electron chi connectivity index (χ2n) is 6.21. The number of hydrogen-bond acceptors (Lipinski definition) is 3. The van der Waals surface area contributed by atoms with Gasteiger partial charge in [-0.2, -0.15) is 0 Å². The fourth-order valence-corrected chi connectivity index (χ4v) is 3.74. The van der Waals surface area contributed by atoms with Crippen LogP contribution in [0.15, 0.2) is 24.3 Å². The van der Waals surface area contributed by atoms with Gasteiger partial charge in [0.2, 0.25) is 0 Å². The van der Waals surface area contributed by atoms with Crippen molar-refractivity contribution in [1.82, 2.24) is 5.32 Å². The second-order valence-corrected chi connectivity index (χ2v) is 6.21. The van der Waals surface area contributed by atoms with Crippen LogP contribution in [0.4, 0.5) is 0 Å². The zero-order chi connectivity index (χ0) is 13.9. The lowest BCUT2D eigenvalue weighted by atomic mass is 9.81. The number of benzene rings is 1. The predicted octanol–water partition coefficient (Wildman–Crippen LogP) is 2.87. The van der Waals surface area contributed by atoms with Gasteiger partial charge in [-0.1, -0.05) is 19.1 Å². The molecule has 2 aliphatic heterocycles. The second kappa shape index (κ2) is 6.15. The van der Waals surface area contributed by atoms with E-state index in [4.69, 9.17) is 4.74 Å². The van der Waals surface area contributed by atoms with Gasteiger partial charge in [-0.15, -0.1) is 0 Å². The van der Waals surface area contributed by atoms with Crippen molar-refractivity contribution in [3.63, 3.8) is 0 Å². The van der Waals surface area contributed by atoms with Gasteiger partial charge in [0.1, 0.15) is 5.75 Å². The SMILES string of the molecule is CCCNC(Cc1cccc(O)c1)C1CC2CCC1O2. The third kappa shape index (κ3) is 2.99. The van der Waals surface area contributed by atoms with Gasteiger partial charge in [-0.05, 0) is 56.3 Å². The van der Waals surface area contributed by atoms with E-state index in [0.29, 0.717) is 29.9 Å². The van der Waals surface area contributed by atoms with E-state index in [0.717, 1.165) is 19.4 Å². The summed E-state index contributed by atoms with van der Waals surface area (Å²) in [5.74, 6) is 0.989. The van der Waals surface area contributed by atoms with Gasteiger partial charge in [0.25, 0.3) is 0 Å². The third-order valence-corrected chi connectivity index (χ3v) is 4.69. The van der Waals surface area contributed by atoms with Crippen molar-refractivity contribution in [2.45, 2.75) is 57.3 Å². The maximum atomic E-state index is 9.63. The number of ether oxygens (including phenoxy) is 1.